The maximum atomic E-state index is 13.2. The molecule has 6 heteroatoms. The standard InChI is InChI=1S/C30H32N2O4/c1-29(2,35)25(23-17-9-13-19-11-5-7-15-21(19)23)31-27(33)28(34)32-26(30(3,4)36)24-18-10-14-20-12-6-8-16-22(20)24/h5-18,25-26,35-36H,1-4H3,(H,31,33)(H,32,34)/t25-,26-/m1/s1. The number of nitrogens with one attached hydrogen (secondary N) is 2. The number of carbonyl (C=O) groups excluding carboxylic acids is 2. The maximum Gasteiger partial charge on any atom is 0.309 e. The van der Waals surface area contributed by atoms with Crippen molar-refractivity contribution in [2.75, 3.05) is 0 Å². The van der Waals surface area contributed by atoms with Crippen LogP contribution in [0.5, 0.6) is 0 Å². The van der Waals surface area contributed by atoms with Gasteiger partial charge in [-0.2, -0.15) is 0 Å². The molecule has 0 heterocycles. The Morgan fingerprint density at radius 2 is 0.917 bits per heavy atom. The Balaban J connectivity index is 1.64. The molecule has 0 unspecified atom stereocenters. The maximum absolute atomic E-state index is 13.2. The first-order valence-corrected chi connectivity index (χ1v) is 12.0. The van der Waals surface area contributed by atoms with Gasteiger partial charge < -0.3 is 20.8 Å². The van der Waals surface area contributed by atoms with E-state index in [9.17, 15) is 19.8 Å². The monoisotopic (exact) mass is 484 g/mol. The predicted octanol–water partition coefficient (Wildman–Crippen LogP) is 4.55. The number of rotatable bonds is 6. The van der Waals surface area contributed by atoms with Crippen molar-refractivity contribution in [3.63, 3.8) is 0 Å². The largest absolute Gasteiger partial charge is 0.388 e. The van der Waals surface area contributed by atoms with Crippen LogP contribution in [0.3, 0.4) is 0 Å². The predicted molar refractivity (Wildman–Crippen MR) is 142 cm³/mol. The van der Waals surface area contributed by atoms with Gasteiger partial charge in [0.2, 0.25) is 0 Å². The van der Waals surface area contributed by atoms with Crippen LogP contribution in [0.15, 0.2) is 84.9 Å². The van der Waals surface area contributed by atoms with Crippen LogP contribution < -0.4 is 10.6 Å². The minimum atomic E-state index is -1.36. The second-order valence-corrected chi connectivity index (χ2v) is 10.3. The highest BCUT2D eigenvalue weighted by Crippen LogP contribution is 2.33. The summed E-state index contributed by atoms with van der Waals surface area (Å²) in [7, 11) is 0. The summed E-state index contributed by atoms with van der Waals surface area (Å²) in [5.41, 5.74) is -1.30. The van der Waals surface area contributed by atoms with Crippen molar-refractivity contribution in [3.05, 3.63) is 96.1 Å². The third-order valence-electron chi connectivity index (χ3n) is 6.44. The molecule has 2 atom stereocenters. The molecule has 2 amide bonds. The molecule has 4 N–H and O–H groups in total. The molecule has 0 aliphatic rings. The van der Waals surface area contributed by atoms with E-state index >= 15 is 0 Å². The van der Waals surface area contributed by atoms with Crippen molar-refractivity contribution in [3.8, 4) is 0 Å². The molecule has 4 aromatic carbocycles. The van der Waals surface area contributed by atoms with Crippen LogP contribution in [-0.4, -0.2) is 33.2 Å². The van der Waals surface area contributed by atoms with Crippen molar-refractivity contribution in [2.45, 2.75) is 51.0 Å². The number of hydrogen-bond donors (Lipinski definition) is 4. The van der Waals surface area contributed by atoms with E-state index in [4.69, 9.17) is 0 Å². The number of aliphatic hydroxyl groups is 2. The molecule has 186 valence electrons. The Morgan fingerprint density at radius 3 is 1.28 bits per heavy atom. The molecule has 0 saturated carbocycles. The summed E-state index contributed by atoms with van der Waals surface area (Å²) < 4.78 is 0. The fourth-order valence-electron chi connectivity index (χ4n) is 4.67. The minimum Gasteiger partial charge on any atom is -0.388 e. The van der Waals surface area contributed by atoms with E-state index in [1.807, 2.05) is 84.9 Å². The van der Waals surface area contributed by atoms with E-state index in [2.05, 4.69) is 10.6 Å². The van der Waals surface area contributed by atoms with E-state index in [-0.39, 0.29) is 0 Å². The first-order valence-electron chi connectivity index (χ1n) is 12.0. The molecule has 0 aliphatic heterocycles. The van der Waals surface area contributed by atoms with Crippen LogP contribution in [-0.2, 0) is 9.59 Å². The fraction of sp³-hybridized carbons (Fsp3) is 0.267. The quantitative estimate of drug-likeness (QED) is 0.302. The van der Waals surface area contributed by atoms with Crippen LogP contribution in [0.4, 0.5) is 0 Å². The number of benzene rings is 4. The topological polar surface area (TPSA) is 98.7 Å². The Labute approximate surface area is 211 Å². The summed E-state index contributed by atoms with van der Waals surface area (Å²) in [5.74, 6) is -1.80. The van der Waals surface area contributed by atoms with Gasteiger partial charge in [0.05, 0.1) is 23.3 Å². The third-order valence-corrected chi connectivity index (χ3v) is 6.44. The minimum absolute atomic E-state index is 0.704. The molecule has 0 saturated heterocycles. The summed E-state index contributed by atoms with van der Waals surface area (Å²) in [6.45, 7) is 6.36. The summed E-state index contributed by atoms with van der Waals surface area (Å²) in [6.07, 6.45) is 0. The number of carbonyl (C=O) groups is 2. The van der Waals surface area contributed by atoms with Crippen molar-refractivity contribution >= 4 is 33.4 Å². The number of hydrogen-bond acceptors (Lipinski definition) is 4. The first kappa shape index (κ1) is 25.4. The van der Waals surface area contributed by atoms with Gasteiger partial charge >= 0.3 is 11.8 Å². The van der Waals surface area contributed by atoms with Gasteiger partial charge in [0.15, 0.2) is 0 Å². The van der Waals surface area contributed by atoms with Gasteiger partial charge in [-0.1, -0.05) is 84.9 Å². The van der Waals surface area contributed by atoms with E-state index < -0.39 is 35.1 Å². The van der Waals surface area contributed by atoms with Crippen LogP contribution in [0, 0.1) is 0 Å². The van der Waals surface area contributed by atoms with Gasteiger partial charge in [-0.05, 0) is 60.4 Å². The Hall–Kier alpha value is -3.74. The highest BCUT2D eigenvalue weighted by molar-refractivity contribution is 6.35. The molecule has 4 aromatic rings. The van der Waals surface area contributed by atoms with Crippen LogP contribution in [0.2, 0.25) is 0 Å². The zero-order chi connectivity index (χ0) is 26.1. The molecular formula is C30H32N2O4. The lowest BCUT2D eigenvalue weighted by atomic mass is 9.88. The molecule has 36 heavy (non-hydrogen) atoms. The highest BCUT2D eigenvalue weighted by atomic mass is 16.3. The van der Waals surface area contributed by atoms with Gasteiger partial charge in [-0.15, -0.1) is 0 Å². The Morgan fingerprint density at radius 1 is 0.583 bits per heavy atom. The van der Waals surface area contributed by atoms with Gasteiger partial charge in [0.25, 0.3) is 0 Å². The molecule has 0 spiro atoms. The summed E-state index contributed by atoms with van der Waals surface area (Å²) >= 11 is 0. The normalized spacial score (nSPS) is 13.8. The Kier molecular flexibility index (Phi) is 6.85. The van der Waals surface area contributed by atoms with E-state index in [1.165, 1.54) is 0 Å². The fourth-order valence-corrected chi connectivity index (χ4v) is 4.67. The van der Waals surface area contributed by atoms with Gasteiger partial charge in [0, 0.05) is 0 Å². The molecule has 4 rings (SSSR count). The lowest BCUT2D eigenvalue weighted by Crippen LogP contribution is -2.51. The number of amides is 2. The van der Waals surface area contributed by atoms with E-state index in [0.29, 0.717) is 11.1 Å². The van der Waals surface area contributed by atoms with Gasteiger partial charge in [0.1, 0.15) is 0 Å². The highest BCUT2D eigenvalue weighted by Gasteiger charge is 2.36. The first-order chi connectivity index (χ1) is 17.0. The van der Waals surface area contributed by atoms with Crippen LogP contribution in [0.1, 0.15) is 50.9 Å². The Bertz CT molecular complexity index is 1300. The summed E-state index contributed by atoms with van der Waals surface area (Å²) in [4.78, 5) is 26.3. The van der Waals surface area contributed by atoms with E-state index in [1.54, 1.807) is 27.7 Å². The molecule has 0 radical (unpaired) electrons. The SMILES string of the molecule is CC(C)(O)[C@H](NC(=O)C(=O)N[C@H](c1cccc2ccccc12)C(C)(C)O)c1cccc2ccccc12. The summed E-state index contributed by atoms with van der Waals surface area (Å²) in [6, 6.07) is 24.9. The lowest BCUT2D eigenvalue weighted by molar-refractivity contribution is -0.142. The second-order valence-electron chi connectivity index (χ2n) is 10.3. The van der Waals surface area contributed by atoms with Crippen molar-refractivity contribution in [2.24, 2.45) is 0 Å². The summed E-state index contributed by atoms with van der Waals surface area (Å²) in [5, 5.41) is 31.0. The second kappa shape index (κ2) is 9.72. The average Bonchev–Trinajstić information content (AvgIpc) is 2.83. The smallest absolute Gasteiger partial charge is 0.309 e. The molecular weight excluding hydrogens is 452 g/mol. The number of fused-ring (bicyclic) bond motifs is 2. The van der Waals surface area contributed by atoms with Gasteiger partial charge in [-0.25, -0.2) is 0 Å². The molecule has 0 bridgehead atoms. The van der Waals surface area contributed by atoms with Gasteiger partial charge in [-0.3, -0.25) is 9.59 Å². The van der Waals surface area contributed by atoms with Crippen molar-refractivity contribution in [1.29, 1.82) is 0 Å². The van der Waals surface area contributed by atoms with Crippen molar-refractivity contribution < 1.29 is 19.8 Å². The molecule has 6 nitrogen and oxygen atoms in total. The molecule has 0 fully saturated rings. The average molecular weight is 485 g/mol. The van der Waals surface area contributed by atoms with Crippen molar-refractivity contribution in [1.82, 2.24) is 10.6 Å². The van der Waals surface area contributed by atoms with Crippen LogP contribution in [0.25, 0.3) is 21.5 Å². The zero-order valence-electron chi connectivity index (χ0n) is 20.9. The lowest BCUT2D eigenvalue weighted by Gasteiger charge is -2.33. The molecule has 0 aliphatic carbocycles. The zero-order valence-corrected chi connectivity index (χ0v) is 20.9. The molecule has 0 aromatic heterocycles. The van der Waals surface area contributed by atoms with Crippen LogP contribution >= 0.6 is 0 Å². The third kappa shape index (κ3) is 5.25. The van der Waals surface area contributed by atoms with E-state index in [0.717, 1.165) is 21.5 Å².